The third-order valence-corrected chi connectivity index (χ3v) is 4.84. The predicted octanol–water partition coefficient (Wildman–Crippen LogP) is 4.21. The maximum atomic E-state index is 11.0. The average molecular weight is 337 g/mol. The van der Waals surface area contributed by atoms with Gasteiger partial charge in [0.15, 0.2) is 0 Å². The molecule has 4 nitrogen and oxygen atoms in total. The molecular weight excluding hydrogens is 310 g/mol. The topological polar surface area (TPSA) is 53.2 Å². The second-order valence-corrected chi connectivity index (χ2v) is 6.97. The number of hydrogen-bond donors (Lipinski definition) is 3. The first-order valence-electron chi connectivity index (χ1n) is 9.09. The van der Waals surface area contributed by atoms with Crippen molar-refractivity contribution in [3.8, 4) is 11.1 Å². The van der Waals surface area contributed by atoms with E-state index >= 15 is 0 Å². The van der Waals surface area contributed by atoms with Gasteiger partial charge in [0, 0.05) is 6.04 Å². The standard InChI is InChI=1S/C21H27N3O/c1-15(2)16-3-5-17(6-4-16)18-7-8-20(21(13-18)23-14-25)24-19-9-11-22-12-10-19/h3-8,13-15,19,22,24H,9-12H2,1-2H3,(H,23,25). The molecule has 1 saturated heterocycles. The van der Waals surface area contributed by atoms with Crippen molar-refractivity contribution in [3.63, 3.8) is 0 Å². The number of rotatable bonds is 6. The highest BCUT2D eigenvalue weighted by Gasteiger charge is 2.14. The first kappa shape index (κ1) is 17.5. The monoisotopic (exact) mass is 337 g/mol. The van der Waals surface area contributed by atoms with Gasteiger partial charge >= 0.3 is 0 Å². The van der Waals surface area contributed by atoms with E-state index < -0.39 is 0 Å². The number of carbonyl (C=O) groups excluding carboxylic acids is 1. The number of nitrogens with one attached hydrogen (secondary N) is 3. The maximum Gasteiger partial charge on any atom is 0.211 e. The van der Waals surface area contributed by atoms with Crippen LogP contribution in [0.4, 0.5) is 11.4 Å². The zero-order valence-electron chi connectivity index (χ0n) is 15.0. The molecule has 25 heavy (non-hydrogen) atoms. The Balaban J connectivity index is 1.83. The van der Waals surface area contributed by atoms with Crippen LogP contribution < -0.4 is 16.0 Å². The van der Waals surface area contributed by atoms with Gasteiger partial charge in [-0.05, 0) is 60.7 Å². The van der Waals surface area contributed by atoms with Gasteiger partial charge in [-0.15, -0.1) is 0 Å². The normalized spacial score (nSPS) is 15.2. The molecule has 132 valence electrons. The fourth-order valence-corrected chi connectivity index (χ4v) is 3.28. The van der Waals surface area contributed by atoms with E-state index in [0.717, 1.165) is 54.8 Å². The molecule has 1 fully saturated rings. The van der Waals surface area contributed by atoms with Crippen LogP contribution in [-0.2, 0) is 4.79 Å². The Kier molecular flexibility index (Phi) is 5.71. The van der Waals surface area contributed by atoms with Gasteiger partial charge in [0.25, 0.3) is 0 Å². The summed E-state index contributed by atoms with van der Waals surface area (Å²) in [6.07, 6.45) is 2.94. The van der Waals surface area contributed by atoms with Crippen LogP contribution in [0.15, 0.2) is 42.5 Å². The molecule has 3 N–H and O–H groups in total. The van der Waals surface area contributed by atoms with Gasteiger partial charge in [-0.1, -0.05) is 44.2 Å². The van der Waals surface area contributed by atoms with Crippen molar-refractivity contribution < 1.29 is 4.79 Å². The minimum atomic E-state index is 0.449. The van der Waals surface area contributed by atoms with E-state index in [-0.39, 0.29) is 0 Å². The molecule has 3 rings (SSSR count). The Hall–Kier alpha value is -2.33. The summed E-state index contributed by atoms with van der Waals surface area (Å²) in [6, 6.07) is 15.3. The van der Waals surface area contributed by atoms with Crippen LogP contribution in [0.2, 0.25) is 0 Å². The van der Waals surface area contributed by atoms with Gasteiger partial charge in [0.2, 0.25) is 6.41 Å². The van der Waals surface area contributed by atoms with Gasteiger partial charge in [-0.2, -0.15) is 0 Å². The van der Waals surface area contributed by atoms with Gasteiger partial charge in [0.1, 0.15) is 0 Å². The van der Waals surface area contributed by atoms with Gasteiger partial charge in [0.05, 0.1) is 11.4 Å². The van der Waals surface area contributed by atoms with Crippen molar-refractivity contribution in [1.29, 1.82) is 0 Å². The molecule has 0 bridgehead atoms. The molecule has 0 atom stereocenters. The quantitative estimate of drug-likeness (QED) is 0.692. The van der Waals surface area contributed by atoms with E-state index in [1.807, 2.05) is 6.07 Å². The van der Waals surface area contributed by atoms with E-state index in [0.29, 0.717) is 12.0 Å². The Morgan fingerprint density at radius 3 is 2.32 bits per heavy atom. The number of hydrogen-bond acceptors (Lipinski definition) is 3. The number of carbonyl (C=O) groups is 1. The summed E-state index contributed by atoms with van der Waals surface area (Å²) in [4.78, 5) is 11.0. The first-order chi connectivity index (χ1) is 12.2. The molecule has 2 aromatic carbocycles. The van der Waals surface area contributed by atoms with Crippen molar-refractivity contribution in [1.82, 2.24) is 5.32 Å². The van der Waals surface area contributed by atoms with Crippen LogP contribution in [0.5, 0.6) is 0 Å². The lowest BCUT2D eigenvalue weighted by molar-refractivity contribution is -0.105. The number of piperidine rings is 1. The molecule has 0 saturated carbocycles. The van der Waals surface area contributed by atoms with E-state index in [1.165, 1.54) is 5.56 Å². The molecule has 1 aliphatic heterocycles. The molecular formula is C21H27N3O. The molecule has 1 heterocycles. The lowest BCUT2D eigenvalue weighted by atomic mass is 9.98. The second kappa shape index (κ2) is 8.17. The molecule has 0 radical (unpaired) electrons. The molecule has 0 spiro atoms. The lowest BCUT2D eigenvalue weighted by Crippen LogP contribution is -2.35. The van der Waals surface area contributed by atoms with Crippen molar-refractivity contribution >= 4 is 17.8 Å². The third kappa shape index (κ3) is 4.40. The zero-order valence-corrected chi connectivity index (χ0v) is 15.0. The zero-order chi connectivity index (χ0) is 17.6. The van der Waals surface area contributed by atoms with E-state index in [4.69, 9.17) is 0 Å². The van der Waals surface area contributed by atoms with Crippen LogP contribution in [0.1, 0.15) is 38.2 Å². The molecule has 1 amide bonds. The highest BCUT2D eigenvalue weighted by molar-refractivity contribution is 5.85. The average Bonchev–Trinajstić information content (AvgIpc) is 2.64. The lowest BCUT2D eigenvalue weighted by Gasteiger charge is -2.26. The van der Waals surface area contributed by atoms with Crippen LogP contribution in [0.25, 0.3) is 11.1 Å². The Labute approximate surface area is 150 Å². The SMILES string of the molecule is CC(C)c1ccc(-c2ccc(NC3CCNCC3)c(NC=O)c2)cc1. The van der Waals surface area contributed by atoms with Gasteiger partial charge < -0.3 is 16.0 Å². The number of anilines is 2. The van der Waals surface area contributed by atoms with E-state index in [9.17, 15) is 4.79 Å². The highest BCUT2D eigenvalue weighted by Crippen LogP contribution is 2.31. The van der Waals surface area contributed by atoms with E-state index in [2.05, 4.69) is 66.2 Å². The Morgan fingerprint density at radius 2 is 1.68 bits per heavy atom. The Morgan fingerprint density at radius 1 is 1.00 bits per heavy atom. The van der Waals surface area contributed by atoms with Crippen molar-refractivity contribution in [2.24, 2.45) is 0 Å². The van der Waals surface area contributed by atoms with Crippen molar-refractivity contribution in [3.05, 3.63) is 48.0 Å². The molecule has 4 heteroatoms. The fraction of sp³-hybridized carbons (Fsp3) is 0.381. The summed E-state index contributed by atoms with van der Waals surface area (Å²) in [5, 5.41) is 9.79. The molecule has 0 aliphatic carbocycles. The maximum absolute atomic E-state index is 11.0. The summed E-state index contributed by atoms with van der Waals surface area (Å²) >= 11 is 0. The summed E-state index contributed by atoms with van der Waals surface area (Å²) in [6.45, 7) is 6.47. The van der Waals surface area contributed by atoms with Crippen molar-refractivity contribution in [2.45, 2.75) is 38.6 Å². The Bertz CT molecular complexity index is 704. The smallest absolute Gasteiger partial charge is 0.211 e. The largest absolute Gasteiger partial charge is 0.381 e. The van der Waals surface area contributed by atoms with Crippen LogP contribution in [0.3, 0.4) is 0 Å². The van der Waals surface area contributed by atoms with Crippen LogP contribution in [0, 0.1) is 0 Å². The minimum Gasteiger partial charge on any atom is -0.381 e. The molecule has 0 aromatic heterocycles. The summed E-state index contributed by atoms with van der Waals surface area (Å²) < 4.78 is 0. The second-order valence-electron chi connectivity index (χ2n) is 6.97. The minimum absolute atomic E-state index is 0.449. The van der Waals surface area contributed by atoms with Gasteiger partial charge in [-0.3, -0.25) is 4.79 Å². The predicted molar refractivity (Wildman–Crippen MR) is 105 cm³/mol. The van der Waals surface area contributed by atoms with E-state index in [1.54, 1.807) is 0 Å². The van der Waals surface area contributed by atoms with Crippen LogP contribution in [-0.4, -0.2) is 25.5 Å². The van der Waals surface area contributed by atoms with Crippen molar-refractivity contribution in [2.75, 3.05) is 23.7 Å². The number of amides is 1. The third-order valence-electron chi connectivity index (χ3n) is 4.84. The first-order valence-corrected chi connectivity index (χ1v) is 9.09. The summed E-state index contributed by atoms with van der Waals surface area (Å²) in [7, 11) is 0. The molecule has 2 aromatic rings. The fourth-order valence-electron chi connectivity index (χ4n) is 3.28. The summed E-state index contributed by atoms with van der Waals surface area (Å²) in [5.74, 6) is 0.526. The highest BCUT2D eigenvalue weighted by atomic mass is 16.1. The van der Waals surface area contributed by atoms with Crippen LogP contribution >= 0.6 is 0 Å². The summed E-state index contributed by atoms with van der Waals surface area (Å²) in [5.41, 5.74) is 5.42. The number of benzene rings is 2. The molecule has 0 unspecified atom stereocenters. The van der Waals surface area contributed by atoms with Gasteiger partial charge in [-0.25, -0.2) is 0 Å². The molecule has 1 aliphatic rings.